The highest BCUT2D eigenvalue weighted by atomic mass is 15.5. The van der Waals surface area contributed by atoms with Crippen molar-refractivity contribution in [1.82, 2.24) is 10.9 Å². The number of aryl methyl sites for hydroxylation is 1. The largest absolute Gasteiger partial charge is 0.314 e. The van der Waals surface area contributed by atoms with Crippen molar-refractivity contribution in [2.75, 3.05) is 0 Å². The third-order valence-electron chi connectivity index (χ3n) is 3.32. The predicted molar refractivity (Wildman–Crippen MR) is 66.9 cm³/mol. The fourth-order valence-corrected chi connectivity index (χ4v) is 2.42. The molecule has 4 N–H and O–H groups in total. The zero-order valence-electron chi connectivity index (χ0n) is 10.0. The molecule has 1 aromatic rings. The molecule has 1 aromatic carbocycles. The normalized spacial score (nSPS) is 29.6. The summed E-state index contributed by atoms with van der Waals surface area (Å²) in [5, 5.41) is 0. The third kappa shape index (κ3) is 2.26. The molecule has 1 saturated heterocycles. The zero-order chi connectivity index (χ0) is 11.5. The van der Waals surface area contributed by atoms with E-state index in [-0.39, 0.29) is 6.17 Å². The van der Waals surface area contributed by atoms with Gasteiger partial charge in [-0.15, -0.1) is 0 Å². The van der Waals surface area contributed by atoms with Gasteiger partial charge in [0.1, 0.15) is 0 Å². The second-order valence-corrected chi connectivity index (χ2v) is 4.65. The number of nitrogens with one attached hydrogen (secondary N) is 2. The van der Waals surface area contributed by atoms with Crippen LogP contribution < -0.4 is 16.6 Å². The van der Waals surface area contributed by atoms with Crippen LogP contribution in [0.5, 0.6) is 0 Å². The van der Waals surface area contributed by atoms with Gasteiger partial charge >= 0.3 is 0 Å². The van der Waals surface area contributed by atoms with Crippen LogP contribution in [0.4, 0.5) is 0 Å². The van der Waals surface area contributed by atoms with E-state index >= 15 is 0 Å². The number of hydrogen-bond acceptors (Lipinski definition) is 3. The van der Waals surface area contributed by atoms with Crippen molar-refractivity contribution in [3.05, 3.63) is 35.4 Å². The van der Waals surface area contributed by atoms with Gasteiger partial charge in [0.25, 0.3) is 0 Å². The molecule has 2 rings (SSSR count). The lowest BCUT2D eigenvalue weighted by atomic mass is 9.88. The maximum absolute atomic E-state index is 6.10. The Labute approximate surface area is 97.4 Å². The molecule has 3 atom stereocenters. The fraction of sp³-hybridized carbons (Fsp3) is 0.538. The Bertz CT molecular complexity index is 332. The minimum atomic E-state index is 0.0132. The lowest BCUT2D eigenvalue weighted by Gasteiger charge is -2.21. The van der Waals surface area contributed by atoms with Gasteiger partial charge in [0, 0.05) is 12.0 Å². The highest BCUT2D eigenvalue weighted by Gasteiger charge is 2.33. The Balaban J connectivity index is 2.19. The molecule has 0 aromatic heterocycles. The quantitative estimate of drug-likeness (QED) is 0.724. The van der Waals surface area contributed by atoms with Crippen molar-refractivity contribution in [3.63, 3.8) is 0 Å². The highest BCUT2D eigenvalue weighted by molar-refractivity contribution is 5.27. The molecule has 3 nitrogen and oxygen atoms in total. The van der Waals surface area contributed by atoms with Gasteiger partial charge in [-0.1, -0.05) is 43.2 Å². The Hall–Kier alpha value is -0.900. The van der Waals surface area contributed by atoms with Crippen LogP contribution in [-0.4, -0.2) is 12.2 Å². The summed E-state index contributed by atoms with van der Waals surface area (Å²) >= 11 is 0. The van der Waals surface area contributed by atoms with Crippen molar-refractivity contribution in [2.24, 2.45) is 5.73 Å². The first-order valence-electron chi connectivity index (χ1n) is 6.05. The van der Waals surface area contributed by atoms with Gasteiger partial charge in [-0.3, -0.25) is 5.43 Å². The van der Waals surface area contributed by atoms with E-state index in [1.54, 1.807) is 0 Å². The van der Waals surface area contributed by atoms with Crippen LogP contribution in [0, 0.1) is 6.92 Å². The molecule has 0 bridgehead atoms. The smallest absolute Gasteiger partial charge is 0.0764 e. The zero-order valence-corrected chi connectivity index (χ0v) is 10.0. The second-order valence-electron chi connectivity index (χ2n) is 4.65. The van der Waals surface area contributed by atoms with Crippen molar-refractivity contribution in [3.8, 4) is 0 Å². The Morgan fingerprint density at radius 1 is 1.19 bits per heavy atom. The summed E-state index contributed by atoms with van der Waals surface area (Å²) in [6.45, 7) is 4.32. The van der Waals surface area contributed by atoms with Crippen LogP contribution in [0.3, 0.4) is 0 Å². The summed E-state index contributed by atoms with van der Waals surface area (Å²) in [6.07, 6.45) is 2.34. The maximum atomic E-state index is 6.10. The highest BCUT2D eigenvalue weighted by Crippen LogP contribution is 2.27. The van der Waals surface area contributed by atoms with E-state index in [1.807, 2.05) is 0 Å². The van der Waals surface area contributed by atoms with Crippen LogP contribution >= 0.6 is 0 Å². The van der Waals surface area contributed by atoms with Gasteiger partial charge in [-0.05, 0) is 18.9 Å². The SMILES string of the molecule is CCCC1NNC(N)C1c1ccc(C)cc1. The van der Waals surface area contributed by atoms with Gasteiger partial charge in [0.05, 0.1) is 6.17 Å². The Morgan fingerprint density at radius 3 is 2.50 bits per heavy atom. The van der Waals surface area contributed by atoms with E-state index in [2.05, 4.69) is 49.0 Å². The fourth-order valence-electron chi connectivity index (χ4n) is 2.42. The first-order valence-corrected chi connectivity index (χ1v) is 6.05. The molecule has 1 heterocycles. The average molecular weight is 219 g/mol. The summed E-state index contributed by atoms with van der Waals surface area (Å²) in [5.74, 6) is 0.376. The molecule has 0 aliphatic carbocycles. The van der Waals surface area contributed by atoms with Crippen molar-refractivity contribution in [2.45, 2.75) is 44.8 Å². The maximum Gasteiger partial charge on any atom is 0.0764 e. The molecule has 1 aliphatic heterocycles. The summed E-state index contributed by atoms with van der Waals surface area (Å²) < 4.78 is 0. The molecule has 1 aliphatic rings. The van der Waals surface area contributed by atoms with E-state index < -0.39 is 0 Å². The van der Waals surface area contributed by atoms with Gasteiger partial charge in [-0.25, -0.2) is 5.43 Å². The van der Waals surface area contributed by atoms with E-state index in [1.165, 1.54) is 17.5 Å². The number of nitrogens with two attached hydrogens (primary N) is 1. The first-order chi connectivity index (χ1) is 7.72. The average Bonchev–Trinajstić information content (AvgIpc) is 2.62. The molecule has 0 amide bonds. The summed E-state index contributed by atoms with van der Waals surface area (Å²) in [4.78, 5) is 0. The third-order valence-corrected chi connectivity index (χ3v) is 3.32. The molecule has 1 fully saturated rings. The number of rotatable bonds is 3. The molecular weight excluding hydrogens is 198 g/mol. The summed E-state index contributed by atoms with van der Waals surface area (Å²) in [7, 11) is 0. The van der Waals surface area contributed by atoms with Crippen LogP contribution in [0.25, 0.3) is 0 Å². The molecular formula is C13H21N3. The van der Waals surface area contributed by atoms with Gasteiger partial charge in [0.15, 0.2) is 0 Å². The van der Waals surface area contributed by atoms with Gasteiger partial charge in [-0.2, -0.15) is 0 Å². The molecule has 3 heteroatoms. The number of hydrazine groups is 1. The topological polar surface area (TPSA) is 50.1 Å². The van der Waals surface area contributed by atoms with E-state index in [0.29, 0.717) is 12.0 Å². The standard InChI is InChI=1S/C13H21N3/c1-3-4-11-12(13(14)16-15-11)10-7-5-9(2)6-8-10/h5-8,11-13,15-16H,3-4,14H2,1-2H3. The second kappa shape index (κ2) is 4.95. The lowest BCUT2D eigenvalue weighted by Crippen LogP contribution is -2.38. The molecule has 0 spiro atoms. The monoisotopic (exact) mass is 219 g/mol. The molecule has 0 radical (unpaired) electrons. The van der Waals surface area contributed by atoms with Crippen LogP contribution in [0.1, 0.15) is 36.8 Å². The van der Waals surface area contributed by atoms with Gasteiger partial charge in [0.2, 0.25) is 0 Å². The first kappa shape index (κ1) is 11.6. The molecule has 88 valence electrons. The van der Waals surface area contributed by atoms with Crippen LogP contribution in [0.15, 0.2) is 24.3 Å². The van der Waals surface area contributed by atoms with E-state index in [4.69, 9.17) is 5.73 Å². The summed E-state index contributed by atoms with van der Waals surface area (Å²) in [6, 6.07) is 9.14. The van der Waals surface area contributed by atoms with E-state index in [0.717, 1.165) is 6.42 Å². The van der Waals surface area contributed by atoms with Gasteiger partial charge < -0.3 is 5.73 Å². The van der Waals surface area contributed by atoms with E-state index in [9.17, 15) is 0 Å². The van der Waals surface area contributed by atoms with Crippen molar-refractivity contribution >= 4 is 0 Å². The number of benzene rings is 1. The number of hydrogen-bond donors (Lipinski definition) is 3. The predicted octanol–water partition coefficient (Wildman–Crippen LogP) is 1.64. The van der Waals surface area contributed by atoms with Crippen molar-refractivity contribution < 1.29 is 0 Å². The van der Waals surface area contributed by atoms with Crippen LogP contribution in [-0.2, 0) is 0 Å². The molecule has 3 unspecified atom stereocenters. The minimum Gasteiger partial charge on any atom is -0.314 e. The summed E-state index contributed by atoms with van der Waals surface area (Å²) in [5.41, 5.74) is 15.2. The van der Waals surface area contributed by atoms with Crippen molar-refractivity contribution in [1.29, 1.82) is 0 Å². The lowest BCUT2D eigenvalue weighted by molar-refractivity contribution is 0.485. The Morgan fingerprint density at radius 2 is 1.88 bits per heavy atom. The van der Waals surface area contributed by atoms with Crippen LogP contribution in [0.2, 0.25) is 0 Å². The minimum absolute atomic E-state index is 0.0132. The Kier molecular flexibility index (Phi) is 3.59. The molecule has 16 heavy (non-hydrogen) atoms. The molecule has 0 saturated carbocycles.